The van der Waals surface area contributed by atoms with Crippen LogP contribution in [0.25, 0.3) is 0 Å². The second-order valence-electron chi connectivity index (χ2n) is 4.73. The molecular formula is C17H18N2. The number of anilines is 1. The maximum atomic E-state index is 9.28. The van der Waals surface area contributed by atoms with E-state index in [9.17, 15) is 5.26 Å². The zero-order valence-corrected chi connectivity index (χ0v) is 10.9. The molecule has 0 radical (unpaired) electrons. The minimum Gasteiger partial charge on any atom is -0.399 e. The minimum atomic E-state index is -0.0628. The minimum absolute atomic E-state index is 0.0628. The first-order valence-electron chi connectivity index (χ1n) is 6.58. The lowest BCUT2D eigenvalue weighted by Crippen LogP contribution is -1.98. The molecule has 19 heavy (non-hydrogen) atoms. The van der Waals surface area contributed by atoms with Gasteiger partial charge in [0.2, 0.25) is 0 Å². The quantitative estimate of drug-likeness (QED) is 0.818. The van der Waals surface area contributed by atoms with Gasteiger partial charge in [0, 0.05) is 5.69 Å². The van der Waals surface area contributed by atoms with E-state index >= 15 is 0 Å². The highest BCUT2D eigenvalue weighted by Gasteiger charge is 2.10. The first-order chi connectivity index (χ1) is 9.29. The highest BCUT2D eigenvalue weighted by atomic mass is 14.5. The maximum absolute atomic E-state index is 9.28. The SMILES string of the molecule is N#C[C@@H](CCCc1ccccc1)c1cccc(N)c1. The zero-order valence-electron chi connectivity index (χ0n) is 10.9. The number of hydrogen-bond acceptors (Lipinski definition) is 2. The fourth-order valence-electron chi connectivity index (χ4n) is 2.24. The van der Waals surface area contributed by atoms with Crippen LogP contribution in [0.2, 0.25) is 0 Å². The van der Waals surface area contributed by atoms with Crippen molar-refractivity contribution in [1.29, 1.82) is 5.26 Å². The Morgan fingerprint density at radius 1 is 1.05 bits per heavy atom. The van der Waals surface area contributed by atoms with Crippen molar-refractivity contribution in [2.75, 3.05) is 5.73 Å². The molecule has 2 aromatic carbocycles. The third kappa shape index (κ3) is 3.86. The van der Waals surface area contributed by atoms with Gasteiger partial charge >= 0.3 is 0 Å². The lowest BCUT2D eigenvalue weighted by atomic mass is 9.93. The molecule has 0 aliphatic rings. The van der Waals surface area contributed by atoms with E-state index in [2.05, 4.69) is 30.3 Å². The second-order valence-corrected chi connectivity index (χ2v) is 4.73. The molecule has 0 amide bonds. The Kier molecular flexibility index (Phi) is 4.58. The molecule has 0 saturated carbocycles. The zero-order chi connectivity index (χ0) is 13.5. The van der Waals surface area contributed by atoms with Crippen LogP contribution >= 0.6 is 0 Å². The molecule has 0 spiro atoms. The number of nitrogens with zero attached hydrogens (tertiary/aromatic N) is 1. The monoisotopic (exact) mass is 250 g/mol. The van der Waals surface area contributed by atoms with E-state index in [0.29, 0.717) is 0 Å². The van der Waals surface area contributed by atoms with E-state index in [-0.39, 0.29) is 5.92 Å². The van der Waals surface area contributed by atoms with Gasteiger partial charge in [-0.3, -0.25) is 0 Å². The molecule has 0 unspecified atom stereocenters. The summed E-state index contributed by atoms with van der Waals surface area (Å²) in [5.41, 5.74) is 8.83. The number of hydrogen-bond donors (Lipinski definition) is 1. The van der Waals surface area contributed by atoms with Gasteiger partial charge in [-0.1, -0.05) is 42.5 Å². The second kappa shape index (κ2) is 6.61. The number of nitrogen functional groups attached to an aromatic ring is 1. The molecule has 1 atom stereocenters. The van der Waals surface area contributed by atoms with Gasteiger partial charge in [-0.2, -0.15) is 5.26 Å². The molecule has 96 valence electrons. The van der Waals surface area contributed by atoms with Crippen molar-refractivity contribution in [3.05, 3.63) is 65.7 Å². The standard InChI is InChI=1S/C17H18N2/c18-13-16(15-9-5-11-17(19)12-15)10-4-8-14-6-2-1-3-7-14/h1-3,5-7,9,11-12,16H,4,8,10,19H2/t16-/m1/s1. The van der Waals surface area contributed by atoms with Crippen molar-refractivity contribution in [3.63, 3.8) is 0 Å². The Morgan fingerprint density at radius 2 is 1.84 bits per heavy atom. The van der Waals surface area contributed by atoms with Crippen LogP contribution in [0.15, 0.2) is 54.6 Å². The van der Waals surface area contributed by atoms with Crippen LogP contribution in [0.1, 0.15) is 29.9 Å². The Hall–Kier alpha value is -2.27. The summed E-state index contributed by atoms with van der Waals surface area (Å²) >= 11 is 0. The van der Waals surface area contributed by atoms with E-state index in [4.69, 9.17) is 5.73 Å². The van der Waals surface area contributed by atoms with E-state index in [1.165, 1.54) is 5.56 Å². The average molecular weight is 250 g/mol. The molecule has 0 heterocycles. The van der Waals surface area contributed by atoms with Gasteiger partial charge in [0.05, 0.1) is 12.0 Å². The Morgan fingerprint density at radius 3 is 2.53 bits per heavy atom. The third-order valence-corrected chi connectivity index (χ3v) is 3.27. The van der Waals surface area contributed by atoms with Crippen LogP contribution in [0.3, 0.4) is 0 Å². The topological polar surface area (TPSA) is 49.8 Å². The van der Waals surface area contributed by atoms with Crippen molar-refractivity contribution in [3.8, 4) is 6.07 Å². The van der Waals surface area contributed by atoms with Gasteiger partial charge in [0.25, 0.3) is 0 Å². The fraction of sp³-hybridized carbons (Fsp3) is 0.235. The van der Waals surface area contributed by atoms with Crippen molar-refractivity contribution in [2.45, 2.75) is 25.2 Å². The van der Waals surface area contributed by atoms with E-state index in [1.807, 2.05) is 30.3 Å². The lowest BCUT2D eigenvalue weighted by Gasteiger charge is -2.10. The van der Waals surface area contributed by atoms with Crippen molar-refractivity contribution in [1.82, 2.24) is 0 Å². The summed E-state index contributed by atoms with van der Waals surface area (Å²) in [5, 5.41) is 9.28. The van der Waals surface area contributed by atoms with E-state index < -0.39 is 0 Å². The van der Waals surface area contributed by atoms with Gasteiger partial charge in [0.15, 0.2) is 0 Å². The van der Waals surface area contributed by atoms with Crippen LogP contribution in [0, 0.1) is 11.3 Å². The fourth-order valence-corrected chi connectivity index (χ4v) is 2.24. The summed E-state index contributed by atoms with van der Waals surface area (Å²) in [7, 11) is 0. The molecule has 0 aliphatic carbocycles. The number of rotatable bonds is 5. The van der Waals surface area contributed by atoms with Gasteiger partial charge < -0.3 is 5.73 Å². The van der Waals surface area contributed by atoms with E-state index in [1.54, 1.807) is 0 Å². The van der Waals surface area contributed by atoms with Gasteiger partial charge in [0.1, 0.15) is 0 Å². The molecule has 0 fully saturated rings. The normalized spacial score (nSPS) is 11.7. The largest absolute Gasteiger partial charge is 0.399 e. The Bertz CT molecular complexity index is 555. The Balaban J connectivity index is 1.92. The van der Waals surface area contributed by atoms with Crippen LogP contribution in [-0.4, -0.2) is 0 Å². The summed E-state index contributed by atoms with van der Waals surface area (Å²) in [6.45, 7) is 0. The van der Waals surface area contributed by atoms with Crippen LogP contribution in [0.5, 0.6) is 0 Å². The van der Waals surface area contributed by atoms with Gasteiger partial charge in [-0.25, -0.2) is 0 Å². The predicted molar refractivity (Wildman–Crippen MR) is 78.6 cm³/mol. The van der Waals surface area contributed by atoms with Crippen LogP contribution in [-0.2, 0) is 6.42 Å². The summed E-state index contributed by atoms with van der Waals surface area (Å²) in [5.74, 6) is -0.0628. The molecule has 2 N–H and O–H groups in total. The van der Waals surface area contributed by atoms with Crippen molar-refractivity contribution >= 4 is 5.69 Å². The lowest BCUT2D eigenvalue weighted by molar-refractivity contribution is 0.684. The molecule has 2 rings (SSSR count). The molecule has 0 saturated heterocycles. The predicted octanol–water partition coefficient (Wildman–Crippen LogP) is 3.90. The number of nitrogens with two attached hydrogens (primary N) is 1. The molecule has 2 heteroatoms. The first-order valence-corrected chi connectivity index (χ1v) is 6.58. The first kappa shape index (κ1) is 13.2. The van der Waals surface area contributed by atoms with Crippen molar-refractivity contribution in [2.24, 2.45) is 0 Å². The number of nitriles is 1. The summed E-state index contributed by atoms with van der Waals surface area (Å²) in [4.78, 5) is 0. The highest BCUT2D eigenvalue weighted by molar-refractivity contribution is 5.43. The molecule has 2 nitrogen and oxygen atoms in total. The third-order valence-electron chi connectivity index (χ3n) is 3.27. The van der Waals surface area contributed by atoms with Gasteiger partial charge in [-0.15, -0.1) is 0 Å². The summed E-state index contributed by atoms with van der Waals surface area (Å²) in [6.07, 6.45) is 2.90. The molecular weight excluding hydrogens is 232 g/mol. The van der Waals surface area contributed by atoms with Gasteiger partial charge in [-0.05, 0) is 42.5 Å². The maximum Gasteiger partial charge on any atom is 0.0713 e. The highest BCUT2D eigenvalue weighted by Crippen LogP contribution is 2.23. The molecule has 0 aromatic heterocycles. The molecule has 0 bridgehead atoms. The van der Waals surface area contributed by atoms with Crippen molar-refractivity contribution < 1.29 is 0 Å². The van der Waals surface area contributed by atoms with Crippen LogP contribution < -0.4 is 5.73 Å². The summed E-state index contributed by atoms with van der Waals surface area (Å²) in [6, 6.07) is 20.4. The number of benzene rings is 2. The smallest absolute Gasteiger partial charge is 0.0713 e. The van der Waals surface area contributed by atoms with E-state index in [0.717, 1.165) is 30.5 Å². The summed E-state index contributed by atoms with van der Waals surface area (Å²) < 4.78 is 0. The van der Waals surface area contributed by atoms with Crippen LogP contribution in [0.4, 0.5) is 5.69 Å². The molecule has 0 aliphatic heterocycles. The average Bonchev–Trinajstić information content (AvgIpc) is 2.45. The number of aryl methyl sites for hydroxylation is 1. The molecule has 2 aromatic rings. The Labute approximate surface area is 114 Å².